The van der Waals surface area contributed by atoms with E-state index in [1.54, 1.807) is 24.3 Å². The van der Waals surface area contributed by atoms with E-state index in [9.17, 15) is 14.7 Å². The van der Waals surface area contributed by atoms with E-state index >= 15 is 0 Å². The van der Waals surface area contributed by atoms with Crippen molar-refractivity contribution < 1.29 is 19.4 Å². The predicted octanol–water partition coefficient (Wildman–Crippen LogP) is 1.74. The summed E-state index contributed by atoms with van der Waals surface area (Å²) in [5, 5.41) is 12.1. The predicted molar refractivity (Wildman–Crippen MR) is 93.8 cm³/mol. The molecule has 0 fully saturated rings. The first-order valence-corrected chi connectivity index (χ1v) is 7.75. The summed E-state index contributed by atoms with van der Waals surface area (Å²) in [6, 6.07) is 15.1. The first kappa shape index (κ1) is 18.2. The fraction of sp³-hybridized carbons (Fsp3) is 0.200. The monoisotopic (exact) mass is 337 g/mol. The van der Waals surface area contributed by atoms with E-state index in [0.717, 1.165) is 11.1 Å². The van der Waals surface area contributed by atoms with Crippen LogP contribution in [0, 0.1) is 11.8 Å². The molecule has 0 bridgehead atoms. The lowest BCUT2D eigenvalue weighted by atomic mass is 10.1. The molecule has 0 saturated carbocycles. The second kappa shape index (κ2) is 8.67. The number of aliphatic hydroxyl groups is 1. The van der Waals surface area contributed by atoms with Crippen molar-refractivity contribution in [3.8, 4) is 11.8 Å². The molecule has 128 valence electrons. The number of esters is 1. The Balaban J connectivity index is 2.07. The number of ether oxygens (including phenoxy) is 1. The van der Waals surface area contributed by atoms with Crippen LogP contribution in [0.3, 0.4) is 0 Å². The Morgan fingerprint density at radius 2 is 1.56 bits per heavy atom. The molecule has 2 rings (SSSR count). The molecule has 0 spiro atoms. The summed E-state index contributed by atoms with van der Waals surface area (Å²) in [4.78, 5) is 23.8. The molecule has 2 N–H and O–H groups in total. The molecule has 2 aromatic rings. The smallest absolute Gasteiger partial charge is 0.331 e. The van der Waals surface area contributed by atoms with E-state index in [1.165, 1.54) is 14.0 Å². The number of methoxy groups -OCH3 is 1. The van der Waals surface area contributed by atoms with Crippen LogP contribution in [0.2, 0.25) is 0 Å². The molecule has 1 amide bonds. The number of amides is 1. The highest BCUT2D eigenvalue weighted by Gasteiger charge is 2.26. The fourth-order valence-electron chi connectivity index (χ4n) is 2.10. The molecule has 0 aliphatic rings. The van der Waals surface area contributed by atoms with Crippen LogP contribution in [0.1, 0.15) is 28.4 Å². The number of carbonyl (C=O) groups is 2. The summed E-state index contributed by atoms with van der Waals surface area (Å²) < 4.78 is 4.57. The van der Waals surface area contributed by atoms with Gasteiger partial charge in [0.2, 0.25) is 0 Å². The lowest BCUT2D eigenvalue weighted by molar-refractivity contribution is -0.145. The van der Waals surface area contributed by atoms with Crippen molar-refractivity contribution in [1.82, 2.24) is 5.32 Å². The molecule has 5 nitrogen and oxygen atoms in total. The second-order valence-corrected chi connectivity index (χ2v) is 5.41. The third kappa shape index (κ3) is 5.20. The van der Waals surface area contributed by atoms with Crippen LogP contribution >= 0.6 is 0 Å². The lowest BCUT2D eigenvalue weighted by Crippen LogP contribution is -2.48. The molecule has 2 atom stereocenters. The number of nitrogens with one attached hydrogen (secondary N) is 1. The Hall–Kier alpha value is -3.10. The van der Waals surface area contributed by atoms with Gasteiger partial charge in [-0.05, 0) is 43.3 Å². The van der Waals surface area contributed by atoms with Gasteiger partial charge in [0.05, 0.1) is 13.2 Å². The van der Waals surface area contributed by atoms with Crippen molar-refractivity contribution in [3.05, 3.63) is 71.3 Å². The van der Waals surface area contributed by atoms with E-state index in [1.807, 2.05) is 30.3 Å². The molecule has 0 saturated heterocycles. The van der Waals surface area contributed by atoms with Crippen LogP contribution in [0.4, 0.5) is 0 Å². The third-order valence-electron chi connectivity index (χ3n) is 3.50. The lowest BCUT2D eigenvalue weighted by Gasteiger charge is -2.18. The normalized spacial score (nSPS) is 12.3. The van der Waals surface area contributed by atoms with Crippen LogP contribution in [0.25, 0.3) is 0 Å². The van der Waals surface area contributed by atoms with Crippen LogP contribution in [-0.2, 0) is 9.53 Å². The minimum atomic E-state index is -1.12. The Kier molecular flexibility index (Phi) is 6.33. The van der Waals surface area contributed by atoms with Gasteiger partial charge in [0.1, 0.15) is 0 Å². The van der Waals surface area contributed by atoms with Gasteiger partial charge < -0.3 is 15.2 Å². The molecule has 1 unspecified atom stereocenters. The van der Waals surface area contributed by atoms with Gasteiger partial charge in [0.25, 0.3) is 5.91 Å². The van der Waals surface area contributed by atoms with Gasteiger partial charge in [-0.15, -0.1) is 0 Å². The molecule has 5 heteroatoms. The SMILES string of the molecule is COC(=O)C(NC(=O)c1ccc(C#Cc2ccccc2)cc1)[C@@H](C)O. The van der Waals surface area contributed by atoms with Crippen molar-refractivity contribution in [1.29, 1.82) is 0 Å². The van der Waals surface area contributed by atoms with Gasteiger partial charge in [-0.3, -0.25) is 4.79 Å². The molecular formula is C20H19NO4. The van der Waals surface area contributed by atoms with Crippen molar-refractivity contribution in [2.45, 2.75) is 19.1 Å². The maximum atomic E-state index is 12.2. The van der Waals surface area contributed by atoms with Gasteiger partial charge in [-0.1, -0.05) is 30.0 Å². The largest absolute Gasteiger partial charge is 0.467 e. The quantitative estimate of drug-likeness (QED) is 0.658. The highest BCUT2D eigenvalue weighted by molar-refractivity contribution is 5.97. The Bertz CT molecular complexity index is 786. The zero-order valence-electron chi connectivity index (χ0n) is 14.0. The number of carbonyl (C=O) groups excluding carboxylic acids is 2. The first-order valence-electron chi connectivity index (χ1n) is 7.75. The summed E-state index contributed by atoms with van der Waals surface area (Å²) >= 11 is 0. The number of aliphatic hydroxyl groups excluding tert-OH is 1. The van der Waals surface area contributed by atoms with Crippen LogP contribution in [0.5, 0.6) is 0 Å². The maximum absolute atomic E-state index is 12.2. The highest BCUT2D eigenvalue weighted by Crippen LogP contribution is 2.06. The van der Waals surface area contributed by atoms with E-state index < -0.39 is 24.0 Å². The van der Waals surface area contributed by atoms with Gasteiger partial charge in [0, 0.05) is 16.7 Å². The topological polar surface area (TPSA) is 75.6 Å². The second-order valence-electron chi connectivity index (χ2n) is 5.41. The minimum Gasteiger partial charge on any atom is -0.467 e. The molecule has 25 heavy (non-hydrogen) atoms. The zero-order valence-corrected chi connectivity index (χ0v) is 14.0. The number of rotatable bonds is 4. The average Bonchev–Trinajstić information content (AvgIpc) is 2.64. The Morgan fingerprint density at radius 3 is 2.08 bits per heavy atom. The molecular weight excluding hydrogens is 318 g/mol. The number of hydrogen-bond acceptors (Lipinski definition) is 4. The van der Waals surface area contributed by atoms with Gasteiger partial charge >= 0.3 is 5.97 Å². The van der Waals surface area contributed by atoms with Crippen molar-refractivity contribution in [3.63, 3.8) is 0 Å². The molecule has 0 aliphatic heterocycles. The summed E-state index contributed by atoms with van der Waals surface area (Å²) in [5.41, 5.74) is 2.03. The van der Waals surface area contributed by atoms with Crippen molar-refractivity contribution in [2.75, 3.05) is 7.11 Å². The van der Waals surface area contributed by atoms with E-state index in [4.69, 9.17) is 0 Å². The van der Waals surface area contributed by atoms with Gasteiger partial charge in [-0.2, -0.15) is 0 Å². The van der Waals surface area contributed by atoms with Crippen molar-refractivity contribution in [2.24, 2.45) is 0 Å². The Labute approximate surface area is 146 Å². The van der Waals surface area contributed by atoms with E-state index in [0.29, 0.717) is 5.56 Å². The fourth-order valence-corrected chi connectivity index (χ4v) is 2.10. The van der Waals surface area contributed by atoms with E-state index in [-0.39, 0.29) is 0 Å². The standard InChI is InChI=1S/C20H19NO4/c1-14(22)18(20(24)25-2)21-19(23)17-12-10-16(11-13-17)9-8-15-6-4-3-5-7-15/h3-7,10-14,18,22H,1-2H3,(H,21,23)/t14-,18?/m1/s1. The summed E-state index contributed by atoms with van der Waals surface area (Å²) in [5.74, 6) is 4.88. The number of hydrogen-bond donors (Lipinski definition) is 2. The molecule has 2 aromatic carbocycles. The zero-order chi connectivity index (χ0) is 18.2. The summed E-state index contributed by atoms with van der Waals surface area (Å²) in [6.45, 7) is 1.41. The minimum absolute atomic E-state index is 0.361. The average molecular weight is 337 g/mol. The first-order chi connectivity index (χ1) is 12.0. The van der Waals surface area contributed by atoms with Crippen molar-refractivity contribution >= 4 is 11.9 Å². The molecule has 0 aliphatic carbocycles. The van der Waals surface area contributed by atoms with E-state index in [2.05, 4.69) is 21.9 Å². The van der Waals surface area contributed by atoms with Crippen LogP contribution in [0.15, 0.2) is 54.6 Å². The van der Waals surface area contributed by atoms with Gasteiger partial charge in [0.15, 0.2) is 6.04 Å². The highest BCUT2D eigenvalue weighted by atomic mass is 16.5. The van der Waals surface area contributed by atoms with Crippen LogP contribution in [-0.4, -0.2) is 36.2 Å². The maximum Gasteiger partial charge on any atom is 0.331 e. The number of benzene rings is 2. The molecule has 0 heterocycles. The summed E-state index contributed by atoms with van der Waals surface area (Å²) in [7, 11) is 1.20. The molecule has 0 aromatic heterocycles. The molecule has 0 radical (unpaired) electrons. The third-order valence-corrected chi connectivity index (χ3v) is 3.50. The van der Waals surface area contributed by atoms with Gasteiger partial charge in [-0.25, -0.2) is 4.79 Å². The van der Waals surface area contributed by atoms with Crippen LogP contribution < -0.4 is 5.32 Å². The Morgan fingerprint density at radius 1 is 1.00 bits per heavy atom. The summed E-state index contributed by atoms with van der Waals surface area (Å²) in [6.07, 6.45) is -1.06.